The lowest BCUT2D eigenvalue weighted by atomic mass is 10.1. The lowest BCUT2D eigenvalue weighted by Crippen LogP contribution is -2.18. The summed E-state index contributed by atoms with van der Waals surface area (Å²) in [7, 11) is 0. The van der Waals surface area contributed by atoms with E-state index in [4.69, 9.17) is 5.11 Å². The fraction of sp³-hybridized carbons (Fsp3) is 0.250. The molecule has 0 spiro atoms. The van der Waals surface area contributed by atoms with Gasteiger partial charge in [0.1, 0.15) is 5.82 Å². The number of rotatable bonds is 5. The second-order valence-corrected chi connectivity index (χ2v) is 4.63. The van der Waals surface area contributed by atoms with Crippen LogP contribution < -0.4 is 5.32 Å². The standard InChI is InChI=1S/C16H18FNO/c1-12(15-6-8-16(17)9-7-15)18-10-13-2-4-14(11-19)5-3-13/h2-9,12,18-19H,10-11H2,1H3. The average Bonchev–Trinajstić information content (AvgIpc) is 2.46. The minimum atomic E-state index is -0.212. The van der Waals surface area contributed by atoms with E-state index in [1.807, 2.05) is 24.3 Å². The lowest BCUT2D eigenvalue weighted by Gasteiger charge is -2.14. The third-order valence-corrected chi connectivity index (χ3v) is 3.19. The highest BCUT2D eigenvalue weighted by atomic mass is 19.1. The summed E-state index contributed by atoms with van der Waals surface area (Å²) in [5, 5.41) is 12.4. The maximum atomic E-state index is 12.8. The maximum Gasteiger partial charge on any atom is 0.123 e. The zero-order chi connectivity index (χ0) is 13.7. The van der Waals surface area contributed by atoms with Crippen LogP contribution in [-0.2, 0) is 13.2 Å². The predicted molar refractivity (Wildman–Crippen MR) is 74.0 cm³/mol. The molecule has 0 aliphatic rings. The largest absolute Gasteiger partial charge is 0.392 e. The van der Waals surface area contributed by atoms with Gasteiger partial charge in [0, 0.05) is 12.6 Å². The molecule has 0 saturated heterocycles. The summed E-state index contributed by atoms with van der Waals surface area (Å²) in [5.41, 5.74) is 3.13. The van der Waals surface area contributed by atoms with Gasteiger partial charge in [0.05, 0.1) is 6.61 Å². The van der Waals surface area contributed by atoms with Gasteiger partial charge in [0.2, 0.25) is 0 Å². The summed E-state index contributed by atoms with van der Waals surface area (Å²) in [6.07, 6.45) is 0. The van der Waals surface area contributed by atoms with Gasteiger partial charge in [-0.05, 0) is 35.7 Å². The summed E-state index contributed by atoms with van der Waals surface area (Å²) in [5.74, 6) is -0.212. The van der Waals surface area contributed by atoms with Crippen molar-refractivity contribution in [2.45, 2.75) is 26.1 Å². The van der Waals surface area contributed by atoms with Crippen LogP contribution in [-0.4, -0.2) is 5.11 Å². The monoisotopic (exact) mass is 259 g/mol. The summed E-state index contributed by atoms with van der Waals surface area (Å²) in [6.45, 7) is 2.86. The molecule has 3 heteroatoms. The van der Waals surface area contributed by atoms with Crippen molar-refractivity contribution in [3.63, 3.8) is 0 Å². The Morgan fingerprint density at radius 3 is 2.16 bits per heavy atom. The molecule has 100 valence electrons. The predicted octanol–water partition coefficient (Wildman–Crippen LogP) is 3.17. The first kappa shape index (κ1) is 13.7. The molecule has 2 rings (SSSR count). The molecule has 0 saturated carbocycles. The van der Waals surface area contributed by atoms with Gasteiger partial charge in [-0.25, -0.2) is 4.39 Å². The Kier molecular flexibility index (Phi) is 4.66. The number of nitrogens with one attached hydrogen (secondary N) is 1. The third kappa shape index (κ3) is 3.88. The van der Waals surface area contributed by atoms with Crippen LogP contribution in [0, 0.1) is 5.82 Å². The van der Waals surface area contributed by atoms with Crippen LogP contribution >= 0.6 is 0 Å². The van der Waals surface area contributed by atoms with E-state index in [2.05, 4.69) is 12.2 Å². The van der Waals surface area contributed by atoms with Crippen LogP contribution in [0.2, 0.25) is 0 Å². The molecular formula is C16H18FNO. The number of halogens is 1. The van der Waals surface area contributed by atoms with E-state index < -0.39 is 0 Å². The van der Waals surface area contributed by atoms with Crippen LogP contribution in [0.3, 0.4) is 0 Å². The topological polar surface area (TPSA) is 32.3 Å². The van der Waals surface area contributed by atoms with Gasteiger partial charge in [-0.3, -0.25) is 0 Å². The molecule has 0 aliphatic heterocycles. The Morgan fingerprint density at radius 2 is 1.58 bits per heavy atom. The van der Waals surface area contributed by atoms with Crippen molar-refractivity contribution < 1.29 is 9.50 Å². The molecule has 0 bridgehead atoms. The Bertz CT molecular complexity index is 507. The number of aliphatic hydroxyl groups excluding tert-OH is 1. The van der Waals surface area contributed by atoms with Crippen LogP contribution in [0.4, 0.5) is 4.39 Å². The Morgan fingerprint density at radius 1 is 1.00 bits per heavy atom. The molecule has 19 heavy (non-hydrogen) atoms. The second-order valence-electron chi connectivity index (χ2n) is 4.63. The van der Waals surface area contributed by atoms with Crippen LogP contribution in [0.15, 0.2) is 48.5 Å². The van der Waals surface area contributed by atoms with Gasteiger partial charge in [-0.2, -0.15) is 0 Å². The molecule has 2 aromatic rings. The van der Waals surface area contributed by atoms with E-state index in [9.17, 15) is 4.39 Å². The second kappa shape index (κ2) is 6.45. The van der Waals surface area contributed by atoms with Crippen molar-refractivity contribution in [1.82, 2.24) is 5.32 Å². The van der Waals surface area contributed by atoms with Crippen molar-refractivity contribution in [3.8, 4) is 0 Å². The molecule has 0 heterocycles. The number of aliphatic hydroxyl groups is 1. The van der Waals surface area contributed by atoms with Gasteiger partial charge in [-0.1, -0.05) is 36.4 Å². The Hall–Kier alpha value is -1.71. The van der Waals surface area contributed by atoms with E-state index in [1.165, 1.54) is 12.1 Å². The van der Waals surface area contributed by atoms with E-state index in [1.54, 1.807) is 12.1 Å². The van der Waals surface area contributed by atoms with Crippen LogP contribution in [0.1, 0.15) is 29.7 Å². The fourth-order valence-corrected chi connectivity index (χ4v) is 1.90. The molecule has 2 N–H and O–H groups in total. The van der Waals surface area contributed by atoms with Gasteiger partial charge in [-0.15, -0.1) is 0 Å². The molecule has 0 radical (unpaired) electrons. The molecule has 0 amide bonds. The first-order valence-electron chi connectivity index (χ1n) is 6.36. The van der Waals surface area contributed by atoms with Gasteiger partial charge < -0.3 is 10.4 Å². The maximum absolute atomic E-state index is 12.8. The Balaban J connectivity index is 1.92. The quantitative estimate of drug-likeness (QED) is 0.864. The first-order valence-corrected chi connectivity index (χ1v) is 6.36. The van der Waals surface area contributed by atoms with Crippen molar-refractivity contribution in [2.75, 3.05) is 0 Å². The summed E-state index contributed by atoms with van der Waals surface area (Å²) < 4.78 is 12.8. The normalized spacial score (nSPS) is 12.4. The van der Waals surface area contributed by atoms with Crippen molar-refractivity contribution in [1.29, 1.82) is 0 Å². The van der Waals surface area contributed by atoms with Crippen molar-refractivity contribution in [2.24, 2.45) is 0 Å². The van der Waals surface area contributed by atoms with E-state index in [0.29, 0.717) is 0 Å². The SMILES string of the molecule is CC(NCc1ccc(CO)cc1)c1ccc(F)cc1. The number of hydrogen-bond donors (Lipinski definition) is 2. The minimum Gasteiger partial charge on any atom is -0.392 e. The molecule has 2 nitrogen and oxygen atoms in total. The highest BCUT2D eigenvalue weighted by Crippen LogP contribution is 2.14. The average molecular weight is 259 g/mol. The fourth-order valence-electron chi connectivity index (χ4n) is 1.90. The van der Waals surface area contributed by atoms with Crippen molar-refractivity contribution in [3.05, 3.63) is 71.0 Å². The molecule has 1 unspecified atom stereocenters. The third-order valence-electron chi connectivity index (χ3n) is 3.19. The molecular weight excluding hydrogens is 241 g/mol. The molecule has 1 atom stereocenters. The molecule has 0 aromatic heterocycles. The smallest absolute Gasteiger partial charge is 0.123 e. The summed E-state index contributed by atoms with van der Waals surface area (Å²) in [6, 6.07) is 14.5. The van der Waals surface area contributed by atoms with Gasteiger partial charge >= 0.3 is 0 Å². The Labute approximate surface area is 112 Å². The summed E-state index contributed by atoms with van der Waals surface area (Å²) in [4.78, 5) is 0. The van der Waals surface area contributed by atoms with Crippen LogP contribution in [0.5, 0.6) is 0 Å². The molecule has 2 aromatic carbocycles. The minimum absolute atomic E-state index is 0.0691. The molecule has 0 fully saturated rings. The van der Waals surface area contributed by atoms with E-state index in [0.717, 1.165) is 23.2 Å². The van der Waals surface area contributed by atoms with Crippen LogP contribution in [0.25, 0.3) is 0 Å². The van der Waals surface area contributed by atoms with E-state index in [-0.39, 0.29) is 18.5 Å². The molecule has 0 aliphatic carbocycles. The highest BCUT2D eigenvalue weighted by molar-refractivity contribution is 5.23. The van der Waals surface area contributed by atoms with Gasteiger partial charge in [0.15, 0.2) is 0 Å². The van der Waals surface area contributed by atoms with Crippen molar-refractivity contribution >= 4 is 0 Å². The summed E-state index contributed by atoms with van der Waals surface area (Å²) >= 11 is 0. The lowest BCUT2D eigenvalue weighted by molar-refractivity contribution is 0.282. The zero-order valence-corrected chi connectivity index (χ0v) is 10.9. The first-order chi connectivity index (χ1) is 9.19. The highest BCUT2D eigenvalue weighted by Gasteiger charge is 2.04. The number of benzene rings is 2. The zero-order valence-electron chi connectivity index (χ0n) is 10.9. The number of hydrogen-bond acceptors (Lipinski definition) is 2. The van der Waals surface area contributed by atoms with E-state index >= 15 is 0 Å². The van der Waals surface area contributed by atoms with Gasteiger partial charge in [0.25, 0.3) is 0 Å².